The van der Waals surface area contributed by atoms with Gasteiger partial charge >= 0.3 is 0 Å². The van der Waals surface area contributed by atoms with Crippen molar-refractivity contribution in [1.29, 1.82) is 0 Å². The van der Waals surface area contributed by atoms with Crippen LogP contribution in [0.2, 0.25) is 0 Å². The first kappa shape index (κ1) is 34.5. The Morgan fingerprint density at radius 2 is 0.780 bits per heavy atom. The van der Waals surface area contributed by atoms with Crippen molar-refractivity contribution >= 4 is 0 Å². The molecule has 6 rings (SSSR count). The summed E-state index contributed by atoms with van der Waals surface area (Å²) in [5.41, 5.74) is 11.3. The Balaban J connectivity index is 1.51. The van der Waals surface area contributed by atoms with Crippen molar-refractivity contribution in [2.24, 2.45) is 0 Å². The third-order valence-electron chi connectivity index (χ3n) is 10.1. The highest BCUT2D eigenvalue weighted by atomic mass is 16.3. The standard InChI is InChI=1S/C44H46O6/c1-25-5-9-29(39(45)13-25)17-35-21-33(22-36(43(35)49)18-30-10-6-26(2)14-40(30)46)34-23-37(19-31-11-7-27(3)15-41(31)47)44(50)38(24-34)20-32-12-8-28(4)16-42(32)48/h5,7,9,11,13-16,21-24,45-50H,6,8,10,12,17-20H2,1-4H3. The lowest BCUT2D eigenvalue weighted by Crippen LogP contribution is -2.04. The fourth-order valence-corrected chi connectivity index (χ4v) is 7.03. The lowest BCUT2D eigenvalue weighted by molar-refractivity contribution is 0.414. The molecule has 0 heterocycles. The number of benzene rings is 4. The van der Waals surface area contributed by atoms with E-state index in [0.717, 1.165) is 57.4 Å². The predicted molar refractivity (Wildman–Crippen MR) is 199 cm³/mol. The number of phenolic OH excluding ortho intramolecular Hbond substituents is 4. The Morgan fingerprint density at radius 3 is 1.12 bits per heavy atom. The SMILES string of the molecule is CC1=CC(O)=C(Cc2cc(-c3cc(CC4=C(O)C=C(C)CC4)c(O)c(Cc4ccc(C)cc4O)c3)cc(Cc3ccc(C)cc3O)c2O)CC1. The Hall–Kier alpha value is -5.36. The summed E-state index contributed by atoms with van der Waals surface area (Å²) in [6.07, 6.45) is 7.88. The second-order valence-corrected chi connectivity index (χ2v) is 14.2. The van der Waals surface area contributed by atoms with Gasteiger partial charge in [0.1, 0.15) is 34.5 Å². The van der Waals surface area contributed by atoms with Gasteiger partial charge in [-0.2, -0.15) is 0 Å². The van der Waals surface area contributed by atoms with Gasteiger partial charge in [-0.15, -0.1) is 0 Å². The van der Waals surface area contributed by atoms with Gasteiger partial charge in [0.2, 0.25) is 0 Å². The quantitative estimate of drug-likeness (QED) is 0.105. The number of aliphatic hydroxyl groups excluding tert-OH is 2. The molecule has 0 bridgehead atoms. The van der Waals surface area contributed by atoms with Crippen molar-refractivity contribution < 1.29 is 30.6 Å². The molecule has 0 radical (unpaired) electrons. The average Bonchev–Trinajstić information content (AvgIpc) is 3.05. The van der Waals surface area contributed by atoms with E-state index in [1.165, 1.54) is 0 Å². The molecule has 2 aliphatic carbocycles. The molecule has 0 saturated heterocycles. The van der Waals surface area contributed by atoms with Gasteiger partial charge < -0.3 is 30.6 Å². The van der Waals surface area contributed by atoms with E-state index in [9.17, 15) is 30.6 Å². The molecule has 4 aromatic rings. The third kappa shape index (κ3) is 7.60. The van der Waals surface area contributed by atoms with E-state index in [4.69, 9.17) is 0 Å². The summed E-state index contributed by atoms with van der Waals surface area (Å²) in [6.45, 7) is 7.82. The van der Waals surface area contributed by atoms with Gasteiger partial charge in [0, 0.05) is 25.7 Å². The smallest absolute Gasteiger partial charge is 0.122 e. The highest BCUT2D eigenvalue weighted by Gasteiger charge is 2.21. The number of aromatic hydroxyl groups is 4. The van der Waals surface area contributed by atoms with Crippen molar-refractivity contribution in [3.8, 4) is 34.1 Å². The molecular weight excluding hydrogens is 624 g/mol. The van der Waals surface area contributed by atoms with E-state index in [-0.39, 0.29) is 47.4 Å². The lowest BCUT2D eigenvalue weighted by Gasteiger charge is -2.20. The fraction of sp³-hybridized carbons (Fsp3) is 0.273. The highest BCUT2D eigenvalue weighted by Crippen LogP contribution is 2.40. The van der Waals surface area contributed by atoms with Crippen molar-refractivity contribution in [1.82, 2.24) is 0 Å². The zero-order valence-corrected chi connectivity index (χ0v) is 29.3. The van der Waals surface area contributed by atoms with Crippen LogP contribution in [0, 0.1) is 13.8 Å². The Bertz CT molecular complexity index is 1960. The maximum atomic E-state index is 11.7. The Morgan fingerprint density at radius 1 is 0.420 bits per heavy atom. The molecule has 0 atom stereocenters. The van der Waals surface area contributed by atoms with Crippen molar-refractivity contribution in [3.63, 3.8) is 0 Å². The second kappa shape index (κ2) is 14.2. The minimum Gasteiger partial charge on any atom is -0.508 e. The molecule has 6 nitrogen and oxygen atoms in total. The number of aryl methyl sites for hydroxylation is 2. The summed E-state index contributed by atoms with van der Waals surface area (Å²) in [6, 6.07) is 18.7. The van der Waals surface area contributed by atoms with Gasteiger partial charge in [-0.25, -0.2) is 0 Å². The minimum absolute atomic E-state index is 0.114. The molecule has 6 heteroatoms. The van der Waals surface area contributed by atoms with Gasteiger partial charge in [0.05, 0.1) is 0 Å². The molecule has 6 N–H and O–H groups in total. The molecule has 258 valence electrons. The maximum absolute atomic E-state index is 11.7. The Labute approximate surface area is 294 Å². The number of hydrogen-bond acceptors (Lipinski definition) is 6. The number of allylic oxidation sites excluding steroid dienone is 6. The largest absolute Gasteiger partial charge is 0.508 e. The number of phenols is 4. The van der Waals surface area contributed by atoms with E-state index in [1.807, 2.05) is 76.2 Å². The van der Waals surface area contributed by atoms with Crippen LogP contribution in [0.5, 0.6) is 23.0 Å². The normalized spacial score (nSPS) is 15.0. The van der Waals surface area contributed by atoms with Crippen LogP contribution in [0.4, 0.5) is 0 Å². The molecular formula is C44H46O6. The molecule has 50 heavy (non-hydrogen) atoms. The average molecular weight is 671 g/mol. The maximum Gasteiger partial charge on any atom is 0.122 e. The highest BCUT2D eigenvalue weighted by molar-refractivity contribution is 5.72. The van der Waals surface area contributed by atoms with Crippen LogP contribution in [0.25, 0.3) is 11.1 Å². The van der Waals surface area contributed by atoms with Gasteiger partial charge in [-0.1, -0.05) is 35.4 Å². The molecule has 0 unspecified atom stereocenters. The van der Waals surface area contributed by atoms with Crippen molar-refractivity contribution in [3.05, 3.63) is 151 Å². The molecule has 0 aliphatic heterocycles. The zero-order valence-electron chi connectivity index (χ0n) is 29.3. The van der Waals surface area contributed by atoms with E-state index < -0.39 is 0 Å². The number of hydrogen-bond donors (Lipinski definition) is 6. The van der Waals surface area contributed by atoms with Crippen molar-refractivity contribution in [2.75, 3.05) is 0 Å². The Kier molecular flexibility index (Phi) is 9.83. The first-order valence-corrected chi connectivity index (χ1v) is 17.3. The lowest BCUT2D eigenvalue weighted by atomic mass is 9.86. The molecule has 4 aromatic carbocycles. The van der Waals surface area contributed by atoms with Crippen LogP contribution in [-0.4, -0.2) is 30.6 Å². The monoisotopic (exact) mass is 670 g/mol. The summed E-state index contributed by atoms with van der Waals surface area (Å²) >= 11 is 0. The van der Waals surface area contributed by atoms with Crippen LogP contribution in [-0.2, 0) is 25.7 Å². The minimum atomic E-state index is 0.114. The van der Waals surface area contributed by atoms with E-state index >= 15 is 0 Å². The van der Waals surface area contributed by atoms with Crippen LogP contribution >= 0.6 is 0 Å². The topological polar surface area (TPSA) is 121 Å². The summed E-state index contributed by atoms with van der Waals surface area (Å²) in [5, 5.41) is 66.6. The summed E-state index contributed by atoms with van der Waals surface area (Å²) in [4.78, 5) is 0. The predicted octanol–water partition coefficient (Wildman–Crippen LogP) is 10.2. The van der Waals surface area contributed by atoms with Gasteiger partial charge in [-0.3, -0.25) is 0 Å². The van der Waals surface area contributed by atoms with Crippen LogP contribution in [0.3, 0.4) is 0 Å². The van der Waals surface area contributed by atoms with E-state index in [2.05, 4.69) is 0 Å². The molecule has 0 aromatic heterocycles. The number of aliphatic hydroxyl groups is 2. The van der Waals surface area contributed by atoms with Crippen LogP contribution in [0.1, 0.15) is 84.0 Å². The van der Waals surface area contributed by atoms with Crippen molar-refractivity contribution in [2.45, 2.75) is 79.1 Å². The summed E-state index contributed by atoms with van der Waals surface area (Å²) in [5.74, 6) is 0.997. The number of rotatable bonds is 9. The second-order valence-electron chi connectivity index (χ2n) is 14.2. The van der Waals surface area contributed by atoms with E-state index in [0.29, 0.717) is 59.1 Å². The third-order valence-corrected chi connectivity index (χ3v) is 10.1. The molecule has 0 spiro atoms. The molecule has 2 aliphatic rings. The first-order valence-electron chi connectivity index (χ1n) is 17.3. The fourth-order valence-electron chi connectivity index (χ4n) is 7.03. The van der Waals surface area contributed by atoms with Gasteiger partial charge in [0.25, 0.3) is 0 Å². The summed E-state index contributed by atoms with van der Waals surface area (Å²) < 4.78 is 0. The molecule has 0 fully saturated rings. The van der Waals surface area contributed by atoms with Gasteiger partial charge in [0.15, 0.2) is 0 Å². The molecule has 0 saturated carbocycles. The van der Waals surface area contributed by atoms with Crippen LogP contribution < -0.4 is 0 Å². The van der Waals surface area contributed by atoms with E-state index in [1.54, 1.807) is 24.3 Å². The zero-order chi connectivity index (χ0) is 35.7. The van der Waals surface area contributed by atoms with Crippen LogP contribution in [0.15, 0.2) is 107 Å². The first-order chi connectivity index (χ1) is 23.8. The van der Waals surface area contributed by atoms with Gasteiger partial charge in [-0.05, 0) is 169 Å². The molecule has 0 amide bonds. The summed E-state index contributed by atoms with van der Waals surface area (Å²) in [7, 11) is 0.